The maximum absolute atomic E-state index is 8.82. The molecular formula is C9H13N. The minimum absolute atomic E-state index is 0.439. The Morgan fingerprint density at radius 1 is 1.10 bits per heavy atom. The molecule has 2 aliphatic rings. The molecule has 0 spiro atoms. The molecule has 0 saturated heterocycles. The molecule has 0 heterocycles. The van der Waals surface area contributed by atoms with Gasteiger partial charge in [-0.25, -0.2) is 0 Å². The van der Waals surface area contributed by atoms with Gasteiger partial charge >= 0.3 is 0 Å². The summed E-state index contributed by atoms with van der Waals surface area (Å²) < 4.78 is 0. The number of hydrogen-bond donors (Lipinski definition) is 0. The topological polar surface area (TPSA) is 23.8 Å². The van der Waals surface area contributed by atoms with Gasteiger partial charge in [-0.05, 0) is 37.5 Å². The molecule has 1 unspecified atom stereocenters. The van der Waals surface area contributed by atoms with Crippen LogP contribution in [-0.4, -0.2) is 0 Å². The summed E-state index contributed by atoms with van der Waals surface area (Å²) in [6, 6.07) is 2.47. The van der Waals surface area contributed by atoms with Gasteiger partial charge in [0.05, 0.1) is 12.0 Å². The SMILES string of the molecule is N#CC(C1CCC1)C1CC1. The fourth-order valence-electron chi connectivity index (χ4n) is 1.85. The molecule has 0 aromatic rings. The predicted octanol–water partition coefficient (Wildman–Crippen LogP) is 2.34. The van der Waals surface area contributed by atoms with Gasteiger partial charge in [-0.15, -0.1) is 0 Å². The smallest absolute Gasteiger partial charge is 0.0661 e. The Hall–Kier alpha value is -0.510. The van der Waals surface area contributed by atoms with Crippen molar-refractivity contribution in [2.45, 2.75) is 32.1 Å². The third kappa shape index (κ3) is 0.923. The number of nitrogens with zero attached hydrogens (tertiary/aromatic N) is 1. The number of rotatable bonds is 2. The maximum atomic E-state index is 8.82. The van der Waals surface area contributed by atoms with Crippen molar-refractivity contribution in [3.05, 3.63) is 0 Å². The molecule has 0 aliphatic heterocycles. The Labute approximate surface area is 62.0 Å². The van der Waals surface area contributed by atoms with Crippen LogP contribution in [0.3, 0.4) is 0 Å². The molecule has 1 heteroatoms. The highest BCUT2D eigenvalue weighted by Gasteiger charge is 2.38. The first-order valence-corrected chi connectivity index (χ1v) is 4.31. The molecule has 0 N–H and O–H groups in total. The van der Waals surface area contributed by atoms with Crippen LogP contribution in [-0.2, 0) is 0 Å². The van der Waals surface area contributed by atoms with E-state index in [1.165, 1.54) is 32.1 Å². The molecule has 10 heavy (non-hydrogen) atoms. The van der Waals surface area contributed by atoms with Crippen LogP contribution >= 0.6 is 0 Å². The standard InChI is InChI=1S/C9H13N/c10-6-9(8-4-5-8)7-2-1-3-7/h7-9H,1-5H2. The Balaban J connectivity index is 1.91. The molecule has 1 nitrogen and oxygen atoms in total. The monoisotopic (exact) mass is 135 g/mol. The average Bonchev–Trinajstić information content (AvgIpc) is 2.58. The van der Waals surface area contributed by atoms with Gasteiger partial charge < -0.3 is 0 Å². The first-order chi connectivity index (χ1) is 4.92. The summed E-state index contributed by atoms with van der Waals surface area (Å²) >= 11 is 0. The van der Waals surface area contributed by atoms with Gasteiger partial charge in [0.25, 0.3) is 0 Å². The van der Waals surface area contributed by atoms with Gasteiger partial charge in [0.1, 0.15) is 0 Å². The van der Waals surface area contributed by atoms with E-state index in [4.69, 9.17) is 5.26 Å². The van der Waals surface area contributed by atoms with E-state index in [1.54, 1.807) is 0 Å². The molecule has 2 rings (SSSR count). The third-order valence-corrected chi connectivity index (χ3v) is 2.94. The highest BCUT2D eigenvalue weighted by atomic mass is 14.4. The van der Waals surface area contributed by atoms with Crippen molar-refractivity contribution in [2.24, 2.45) is 17.8 Å². The molecule has 0 aromatic heterocycles. The Morgan fingerprint density at radius 3 is 2.00 bits per heavy atom. The van der Waals surface area contributed by atoms with E-state index in [1.807, 2.05) is 0 Å². The van der Waals surface area contributed by atoms with Crippen LogP contribution < -0.4 is 0 Å². The summed E-state index contributed by atoms with van der Waals surface area (Å²) in [5, 5.41) is 8.82. The molecule has 0 bridgehead atoms. The van der Waals surface area contributed by atoms with Crippen molar-refractivity contribution in [3.8, 4) is 6.07 Å². The van der Waals surface area contributed by atoms with Gasteiger partial charge in [-0.2, -0.15) is 5.26 Å². The summed E-state index contributed by atoms with van der Waals surface area (Å²) in [7, 11) is 0. The highest BCUT2D eigenvalue weighted by molar-refractivity contribution is 4.99. The van der Waals surface area contributed by atoms with Gasteiger partial charge in [0.15, 0.2) is 0 Å². The Morgan fingerprint density at radius 2 is 1.70 bits per heavy atom. The molecule has 0 radical (unpaired) electrons. The second kappa shape index (κ2) is 2.27. The van der Waals surface area contributed by atoms with Crippen molar-refractivity contribution in [1.29, 1.82) is 5.26 Å². The summed E-state index contributed by atoms with van der Waals surface area (Å²) in [6.07, 6.45) is 6.68. The zero-order valence-corrected chi connectivity index (χ0v) is 6.21. The van der Waals surface area contributed by atoms with Gasteiger partial charge in [-0.3, -0.25) is 0 Å². The molecule has 2 fully saturated rings. The van der Waals surface area contributed by atoms with Crippen molar-refractivity contribution in [3.63, 3.8) is 0 Å². The van der Waals surface area contributed by atoms with E-state index in [0.29, 0.717) is 5.92 Å². The Kier molecular flexibility index (Phi) is 1.41. The van der Waals surface area contributed by atoms with Crippen LogP contribution in [0.25, 0.3) is 0 Å². The largest absolute Gasteiger partial charge is 0.198 e. The second-order valence-corrected chi connectivity index (χ2v) is 3.68. The summed E-state index contributed by atoms with van der Waals surface area (Å²) in [6.45, 7) is 0. The van der Waals surface area contributed by atoms with Crippen LogP contribution in [0.15, 0.2) is 0 Å². The molecular weight excluding hydrogens is 122 g/mol. The minimum Gasteiger partial charge on any atom is -0.198 e. The lowest BCUT2D eigenvalue weighted by Crippen LogP contribution is -2.22. The van der Waals surface area contributed by atoms with E-state index in [2.05, 4.69) is 6.07 Å². The molecule has 2 saturated carbocycles. The van der Waals surface area contributed by atoms with Crippen molar-refractivity contribution >= 4 is 0 Å². The molecule has 1 atom stereocenters. The summed E-state index contributed by atoms with van der Waals surface area (Å²) in [5.41, 5.74) is 0. The van der Waals surface area contributed by atoms with E-state index in [0.717, 1.165) is 11.8 Å². The van der Waals surface area contributed by atoms with Crippen LogP contribution in [0.2, 0.25) is 0 Å². The van der Waals surface area contributed by atoms with Crippen LogP contribution in [0.1, 0.15) is 32.1 Å². The normalized spacial score (nSPS) is 28.7. The quantitative estimate of drug-likeness (QED) is 0.570. The van der Waals surface area contributed by atoms with Crippen molar-refractivity contribution < 1.29 is 0 Å². The van der Waals surface area contributed by atoms with E-state index in [9.17, 15) is 0 Å². The van der Waals surface area contributed by atoms with E-state index < -0.39 is 0 Å². The summed E-state index contributed by atoms with van der Waals surface area (Å²) in [4.78, 5) is 0. The van der Waals surface area contributed by atoms with Crippen molar-refractivity contribution in [2.75, 3.05) is 0 Å². The number of nitriles is 1. The average molecular weight is 135 g/mol. The molecule has 2 aliphatic carbocycles. The zero-order chi connectivity index (χ0) is 6.97. The van der Waals surface area contributed by atoms with Gasteiger partial charge in [0, 0.05) is 0 Å². The fourth-order valence-corrected chi connectivity index (χ4v) is 1.85. The van der Waals surface area contributed by atoms with Gasteiger partial charge in [-0.1, -0.05) is 6.42 Å². The van der Waals surface area contributed by atoms with E-state index in [-0.39, 0.29) is 0 Å². The van der Waals surface area contributed by atoms with E-state index >= 15 is 0 Å². The predicted molar refractivity (Wildman–Crippen MR) is 39.2 cm³/mol. The zero-order valence-electron chi connectivity index (χ0n) is 6.21. The first kappa shape index (κ1) is 6.22. The summed E-state index contributed by atoms with van der Waals surface area (Å²) in [5.74, 6) is 2.03. The number of hydrogen-bond acceptors (Lipinski definition) is 1. The van der Waals surface area contributed by atoms with Crippen LogP contribution in [0, 0.1) is 29.1 Å². The maximum Gasteiger partial charge on any atom is 0.0661 e. The second-order valence-electron chi connectivity index (χ2n) is 3.68. The fraction of sp³-hybridized carbons (Fsp3) is 0.889. The lowest BCUT2D eigenvalue weighted by molar-refractivity contribution is 0.228. The first-order valence-electron chi connectivity index (χ1n) is 4.31. The molecule has 54 valence electrons. The van der Waals surface area contributed by atoms with Crippen LogP contribution in [0.5, 0.6) is 0 Å². The highest BCUT2D eigenvalue weighted by Crippen LogP contribution is 2.46. The Bertz CT molecular complexity index is 160. The van der Waals surface area contributed by atoms with Crippen LogP contribution in [0.4, 0.5) is 0 Å². The lowest BCUT2D eigenvalue weighted by atomic mass is 9.74. The third-order valence-electron chi connectivity index (χ3n) is 2.94. The minimum atomic E-state index is 0.439. The molecule has 0 aromatic carbocycles. The molecule has 0 amide bonds. The van der Waals surface area contributed by atoms with Gasteiger partial charge in [0.2, 0.25) is 0 Å². The van der Waals surface area contributed by atoms with Crippen molar-refractivity contribution in [1.82, 2.24) is 0 Å². The lowest BCUT2D eigenvalue weighted by Gasteiger charge is -2.29.